The van der Waals surface area contributed by atoms with E-state index in [-0.39, 0.29) is 13.2 Å². The van der Waals surface area contributed by atoms with Crippen LogP contribution >= 0.6 is 0 Å². The van der Waals surface area contributed by atoms with E-state index >= 15 is 0 Å². The molecule has 0 unspecified atom stereocenters. The molecule has 5 heteroatoms. The SMILES string of the molecule is C=CCCCOc1ccc(-c2ccc(OCCOC(=O)C(=C)CN(C)C)cc2)cc1. The molecule has 0 aliphatic rings. The molecule has 0 N–H and O–H groups in total. The highest BCUT2D eigenvalue weighted by Gasteiger charge is 2.09. The molecule has 0 amide bonds. The van der Waals surface area contributed by atoms with Gasteiger partial charge in [-0.15, -0.1) is 6.58 Å². The average molecular weight is 410 g/mol. The van der Waals surface area contributed by atoms with Crippen molar-refractivity contribution >= 4 is 5.97 Å². The first-order valence-corrected chi connectivity index (χ1v) is 10.1. The summed E-state index contributed by atoms with van der Waals surface area (Å²) in [6.45, 7) is 9.08. The Morgan fingerprint density at radius 3 is 1.93 bits per heavy atom. The summed E-state index contributed by atoms with van der Waals surface area (Å²) in [6, 6.07) is 15.8. The molecule has 5 nitrogen and oxygen atoms in total. The number of unbranched alkanes of at least 4 members (excludes halogenated alkanes) is 1. The molecule has 0 bridgehead atoms. The highest BCUT2D eigenvalue weighted by Crippen LogP contribution is 2.24. The molecule has 160 valence electrons. The van der Waals surface area contributed by atoms with E-state index in [1.54, 1.807) is 0 Å². The molecule has 0 aliphatic heterocycles. The Labute approximate surface area is 179 Å². The molecule has 0 fully saturated rings. The summed E-state index contributed by atoms with van der Waals surface area (Å²) in [7, 11) is 3.75. The fourth-order valence-corrected chi connectivity index (χ4v) is 2.75. The van der Waals surface area contributed by atoms with Crippen LogP contribution in [0.25, 0.3) is 11.1 Å². The van der Waals surface area contributed by atoms with Crippen LogP contribution in [0.4, 0.5) is 0 Å². The summed E-state index contributed by atoms with van der Waals surface area (Å²) in [5.74, 6) is 1.20. The van der Waals surface area contributed by atoms with Crippen molar-refractivity contribution in [3.05, 3.63) is 73.3 Å². The number of nitrogens with zero attached hydrogens (tertiary/aromatic N) is 1. The van der Waals surface area contributed by atoms with E-state index in [0.29, 0.717) is 18.7 Å². The molecular weight excluding hydrogens is 378 g/mol. The van der Waals surface area contributed by atoms with Gasteiger partial charge in [-0.2, -0.15) is 0 Å². The quantitative estimate of drug-likeness (QED) is 0.207. The van der Waals surface area contributed by atoms with Gasteiger partial charge < -0.3 is 19.1 Å². The highest BCUT2D eigenvalue weighted by molar-refractivity contribution is 5.88. The minimum atomic E-state index is -0.393. The van der Waals surface area contributed by atoms with Gasteiger partial charge in [0, 0.05) is 12.1 Å². The molecule has 30 heavy (non-hydrogen) atoms. The number of esters is 1. The van der Waals surface area contributed by atoms with Crippen LogP contribution in [0, 0.1) is 0 Å². The van der Waals surface area contributed by atoms with E-state index in [2.05, 4.69) is 13.2 Å². The van der Waals surface area contributed by atoms with Crippen molar-refractivity contribution < 1.29 is 19.0 Å². The first-order valence-electron chi connectivity index (χ1n) is 10.1. The van der Waals surface area contributed by atoms with Crippen molar-refractivity contribution in [1.82, 2.24) is 4.90 Å². The van der Waals surface area contributed by atoms with E-state index in [1.165, 1.54) is 0 Å². The molecule has 0 aliphatic carbocycles. The Morgan fingerprint density at radius 1 is 0.900 bits per heavy atom. The molecule has 2 aromatic carbocycles. The van der Waals surface area contributed by atoms with Crippen LogP contribution in [0.5, 0.6) is 11.5 Å². The van der Waals surface area contributed by atoms with Crippen LogP contribution in [0.2, 0.25) is 0 Å². The predicted octanol–water partition coefficient (Wildman–Crippen LogP) is 4.74. The maximum Gasteiger partial charge on any atom is 0.334 e. The van der Waals surface area contributed by atoms with Crippen LogP contribution in [0.15, 0.2) is 73.3 Å². The van der Waals surface area contributed by atoms with Gasteiger partial charge in [0.15, 0.2) is 0 Å². The van der Waals surface area contributed by atoms with E-state index in [4.69, 9.17) is 14.2 Å². The highest BCUT2D eigenvalue weighted by atomic mass is 16.6. The summed E-state index contributed by atoms with van der Waals surface area (Å²) in [6.07, 6.45) is 3.83. The van der Waals surface area contributed by atoms with Crippen LogP contribution in [0.3, 0.4) is 0 Å². The third-order valence-corrected chi connectivity index (χ3v) is 4.24. The molecule has 2 rings (SSSR count). The summed E-state index contributed by atoms with van der Waals surface area (Å²) in [4.78, 5) is 13.7. The summed E-state index contributed by atoms with van der Waals surface area (Å²) in [5.41, 5.74) is 2.62. The van der Waals surface area contributed by atoms with Gasteiger partial charge in [0.1, 0.15) is 24.7 Å². The lowest BCUT2D eigenvalue weighted by Crippen LogP contribution is -2.22. The smallest absolute Gasteiger partial charge is 0.334 e. The number of hydrogen-bond acceptors (Lipinski definition) is 5. The summed E-state index contributed by atoms with van der Waals surface area (Å²) in [5, 5.41) is 0. The van der Waals surface area contributed by atoms with Crippen molar-refractivity contribution in [3.63, 3.8) is 0 Å². The van der Waals surface area contributed by atoms with Crippen LogP contribution in [-0.2, 0) is 9.53 Å². The molecule has 2 aromatic rings. The number of allylic oxidation sites excluding steroid dienone is 1. The number of rotatable bonds is 13. The topological polar surface area (TPSA) is 48.0 Å². The van der Waals surface area contributed by atoms with Crippen molar-refractivity contribution in [2.75, 3.05) is 40.5 Å². The van der Waals surface area contributed by atoms with Crippen LogP contribution in [-0.4, -0.2) is 51.3 Å². The minimum Gasteiger partial charge on any atom is -0.494 e. The first-order chi connectivity index (χ1) is 14.5. The van der Waals surface area contributed by atoms with Gasteiger partial charge in [-0.25, -0.2) is 4.79 Å². The van der Waals surface area contributed by atoms with E-state index in [9.17, 15) is 4.79 Å². The third kappa shape index (κ3) is 8.13. The molecule has 0 aromatic heterocycles. The Hall–Kier alpha value is -3.05. The summed E-state index contributed by atoms with van der Waals surface area (Å²) < 4.78 is 16.5. The lowest BCUT2D eigenvalue weighted by molar-refractivity contribution is -0.139. The van der Waals surface area contributed by atoms with Crippen molar-refractivity contribution in [3.8, 4) is 22.6 Å². The first kappa shape index (κ1) is 23.2. The monoisotopic (exact) mass is 409 g/mol. The maximum absolute atomic E-state index is 11.8. The zero-order chi connectivity index (χ0) is 21.8. The second-order valence-electron chi connectivity index (χ2n) is 7.15. The van der Waals surface area contributed by atoms with Gasteiger partial charge in [0.2, 0.25) is 0 Å². The van der Waals surface area contributed by atoms with Crippen LogP contribution < -0.4 is 9.47 Å². The Bertz CT molecular complexity index is 810. The van der Waals surface area contributed by atoms with Gasteiger partial charge in [0.05, 0.1) is 6.61 Å². The van der Waals surface area contributed by atoms with Gasteiger partial charge in [-0.1, -0.05) is 36.9 Å². The number of likely N-dealkylation sites (N-methyl/N-ethyl adjacent to an activating group) is 1. The number of ether oxygens (including phenoxy) is 3. The normalized spacial score (nSPS) is 10.5. The fraction of sp³-hybridized carbons (Fsp3) is 0.320. The zero-order valence-electron chi connectivity index (χ0n) is 17.9. The van der Waals surface area contributed by atoms with Gasteiger partial charge >= 0.3 is 5.97 Å². The van der Waals surface area contributed by atoms with Crippen LogP contribution in [0.1, 0.15) is 12.8 Å². The zero-order valence-corrected chi connectivity index (χ0v) is 17.9. The lowest BCUT2D eigenvalue weighted by Gasteiger charge is -2.12. The number of hydrogen-bond donors (Lipinski definition) is 0. The second kappa shape index (κ2) is 12.5. The largest absolute Gasteiger partial charge is 0.494 e. The molecule has 0 saturated carbocycles. The number of benzene rings is 2. The second-order valence-corrected chi connectivity index (χ2v) is 7.15. The Morgan fingerprint density at radius 2 is 1.43 bits per heavy atom. The van der Waals surface area contributed by atoms with E-state index in [0.717, 1.165) is 35.5 Å². The van der Waals surface area contributed by atoms with Gasteiger partial charge in [0.25, 0.3) is 0 Å². The van der Waals surface area contributed by atoms with Gasteiger partial charge in [-0.3, -0.25) is 0 Å². The predicted molar refractivity (Wildman–Crippen MR) is 121 cm³/mol. The minimum absolute atomic E-state index is 0.182. The van der Waals surface area contributed by atoms with Crippen molar-refractivity contribution in [2.24, 2.45) is 0 Å². The molecule has 0 saturated heterocycles. The molecule has 0 radical (unpaired) electrons. The number of carbonyl (C=O) groups is 1. The number of carbonyl (C=O) groups excluding carboxylic acids is 1. The fourth-order valence-electron chi connectivity index (χ4n) is 2.75. The molecule has 0 heterocycles. The Kier molecular flexibility index (Phi) is 9.68. The molecule has 0 atom stereocenters. The van der Waals surface area contributed by atoms with E-state index < -0.39 is 5.97 Å². The third-order valence-electron chi connectivity index (χ3n) is 4.24. The van der Waals surface area contributed by atoms with E-state index in [1.807, 2.05) is 73.6 Å². The maximum atomic E-state index is 11.8. The van der Waals surface area contributed by atoms with Crippen molar-refractivity contribution in [2.45, 2.75) is 12.8 Å². The van der Waals surface area contributed by atoms with Gasteiger partial charge in [-0.05, 0) is 62.3 Å². The lowest BCUT2D eigenvalue weighted by atomic mass is 10.1. The molecular formula is C25H31NO4. The standard InChI is InChI=1S/C25H31NO4/c1-5-6-7-16-28-23-12-8-21(9-13-23)22-10-14-24(15-11-22)29-17-18-30-25(27)20(2)19-26(3)4/h5,8-15H,1-2,6-7,16-19H2,3-4H3. The molecule has 0 spiro atoms. The average Bonchev–Trinajstić information content (AvgIpc) is 2.74. The Balaban J connectivity index is 1.76. The summed E-state index contributed by atoms with van der Waals surface area (Å²) >= 11 is 0. The van der Waals surface area contributed by atoms with Crippen molar-refractivity contribution in [1.29, 1.82) is 0 Å².